The third-order valence-electron chi connectivity index (χ3n) is 1.62. The van der Waals surface area contributed by atoms with Crippen molar-refractivity contribution in [1.82, 2.24) is 5.32 Å². The average Bonchev–Trinajstić information content (AvgIpc) is 1.82. The van der Waals surface area contributed by atoms with Crippen LogP contribution in [0, 0.1) is 0 Å². The van der Waals surface area contributed by atoms with Gasteiger partial charge in [0, 0.05) is 18.3 Å². The van der Waals surface area contributed by atoms with Gasteiger partial charge in [-0.15, -0.1) is 0 Å². The summed E-state index contributed by atoms with van der Waals surface area (Å²) < 4.78 is 5.07. The molecule has 1 saturated heterocycles. The lowest BCUT2D eigenvalue weighted by Gasteiger charge is -2.25. The van der Waals surface area contributed by atoms with E-state index in [1.54, 1.807) is 0 Å². The van der Waals surface area contributed by atoms with Gasteiger partial charge in [-0.05, 0) is 0 Å². The first-order chi connectivity index (χ1) is 5.29. The fraction of sp³-hybridized carbons (Fsp3) is 1.00. The van der Waals surface area contributed by atoms with Crippen molar-refractivity contribution < 1.29 is 4.74 Å². The monoisotopic (exact) mass is 175 g/mol. The number of thioether (sulfide) groups is 1. The zero-order valence-electron chi connectivity index (χ0n) is 7.30. The Bertz CT molecular complexity index is 104. The van der Waals surface area contributed by atoms with Gasteiger partial charge < -0.3 is 10.1 Å². The van der Waals surface area contributed by atoms with Crippen LogP contribution in [0.2, 0.25) is 0 Å². The van der Waals surface area contributed by atoms with Crippen LogP contribution in [0.5, 0.6) is 0 Å². The fourth-order valence-corrected chi connectivity index (χ4v) is 1.84. The van der Waals surface area contributed by atoms with Crippen molar-refractivity contribution in [2.45, 2.75) is 25.1 Å². The summed E-state index contributed by atoms with van der Waals surface area (Å²) in [6.45, 7) is 7.41. The molecule has 0 spiro atoms. The van der Waals surface area contributed by atoms with Crippen LogP contribution >= 0.6 is 11.8 Å². The maximum absolute atomic E-state index is 5.07. The van der Waals surface area contributed by atoms with Gasteiger partial charge >= 0.3 is 0 Å². The number of ether oxygens (including phenoxy) is 1. The van der Waals surface area contributed by atoms with Gasteiger partial charge in [0.05, 0.1) is 18.5 Å². The van der Waals surface area contributed by atoms with Crippen LogP contribution in [0.3, 0.4) is 0 Å². The third kappa shape index (κ3) is 3.99. The normalized spacial score (nSPS) is 18.8. The summed E-state index contributed by atoms with van der Waals surface area (Å²) >= 11 is 2.02. The van der Waals surface area contributed by atoms with Crippen molar-refractivity contribution in [1.29, 1.82) is 0 Å². The molecule has 66 valence electrons. The van der Waals surface area contributed by atoms with Gasteiger partial charge in [0.15, 0.2) is 0 Å². The third-order valence-corrected chi connectivity index (χ3v) is 2.80. The number of nitrogens with one attached hydrogen (secondary N) is 1. The number of rotatable bonds is 5. The van der Waals surface area contributed by atoms with Gasteiger partial charge in [-0.3, -0.25) is 0 Å². The second-order valence-electron chi connectivity index (χ2n) is 3.14. The van der Waals surface area contributed by atoms with Crippen LogP contribution in [0.1, 0.15) is 13.8 Å². The zero-order chi connectivity index (χ0) is 8.10. The van der Waals surface area contributed by atoms with E-state index >= 15 is 0 Å². The molecule has 0 saturated carbocycles. The summed E-state index contributed by atoms with van der Waals surface area (Å²) in [5.74, 6) is 1.21. The van der Waals surface area contributed by atoms with Crippen molar-refractivity contribution in [3.8, 4) is 0 Å². The lowest BCUT2D eigenvalue weighted by Crippen LogP contribution is -2.32. The van der Waals surface area contributed by atoms with E-state index in [1.165, 1.54) is 5.75 Å². The first-order valence-electron chi connectivity index (χ1n) is 4.22. The van der Waals surface area contributed by atoms with Crippen LogP contribution in [0.15, 0.2) is 0 Å². The summed E-state index contributed by atoms with van der Waals surface area (Å²) in [6.07, 6.45) is 0. The largest absolute Gasteiger partial charge is 0.379 e. The van der Waals surface area contributed by atoms with Crippen molar-refractivity contribution in [3.63, 3.8) is 0 Å². The van der Waals surface area contributed by atoms with E-state index in [-0.39, 0.29) is 0 Å². The molecule has 0 amide bonds. The summed E-state index contributed by atoms with van der Waals surface area (Å²) in [5, 5.41) is 4.17. The highest BCUT2D eigenvalue weighted by Gasteiger charge is 2.17. The Morgan fingerprint density at radius 3 is 2.73 bits per heavy atom. The molecule has 11 heavy (non-hydrogen) atoms. The average molecular weight is 175 g/mol. The van der Waals surface area contributed by atoms with Crippen molar-refractivity contribution >= 4 is 11.8 Å². The Labute approximate surface area is 73.1 Å². The van der Waals surface area contributed by atoms with E-state index in [9.17, 15) is 0 Å². The Hall–Kier alpha value is 0.270. The number of hydrogen-bond donors (Lipinski definition) is 1. The fourth-order valence-electron chi connectivity index (χ4n) is 0.883. The van der Waals surface area contributed by atoms with E-state index in [1.807, 2.05) is 11.8 Å². The van der Waals surface area contributed by atoms with E-state index in [2.05, 4.69) is 19.2 Å². The highest BCUT2D eigenvalue weighted by molar-refractivity contribution is 8.00. The molecule has 1 aliphatic heterocycles. The first-order valence-corrected chi connectivity index (χ1v) is 5.26. The highest BCUT2D eigenvalue weighted by atomic mass is 32.2. The molecule has 0 aromatic carbocycles. The minimum absolute atomic E-state index is 0.619. The molecule has 0 radical (unpaired) electrons. The molecule has 2 nitrogen and oxygen atoms in total. The molecular weight excluding hydrogens is 158 g/mol. The molecule has 1 fully saturated rings. The van der Waals surface area contributed by atoms with E-state index in [0.29, 0.717) is 6.04 Å². The smallest absolute Gasteiger partial charge is 0.0607 e. The Balaban J connectivity index is 1.80. The molecule has 0 bridgehead atoms. The molecule has 1 heterocycles. The van der Waals surface area contributed by atoms with Crippen LogP contribution in [-0.2, 0) is 4.74 Å². The van der Waals surface area contributed by atoms with Crippen LogP contribution in [0.4, 0.5) is 0 Å². The molecule has 3 heteroatoms. The molecule has 1 aliphatic rings. The topological polar surface area (TPSA) is 21.3 Å². The van der Waals surface area contributed by atoms with Gasteiger partial charge in [0.1, 0.15) is 0 Å². The number of hydrogen-bond acceptors (Lipinski definition) is 3. The molecule has 0 unspecified atom stereocenters. The van der Waals surface area contributed by atoms with Crippen molar-refractivity contribution in [3.05, 3.63) is 0 Å². The molecule has 1 rings (SSSR count). The Kier molecular flexibility index (Phi) is 4.26. The molecular formula is C8H17NOS. The molecule has 1 N–H and O–H groups in total. The summed E-state index contributed by atoms with van der Waals surface area (Å²) in [6, 6.07) is 0.619. The summed E-state index contributed by atoms with van der Waals surface area (Å²) in [7, 11) is 0. The summed E-state index contributed by atoms with van der Waals surface area (Å²) in [5.41, 5.74) is 0. The van der Waals surface area contributed by atoms with Gasteiger partial charge in [0.25, 0.3) is 0 Å². The van der Waals surface area contributed by atoms with Crippen molar-refractivity contribution in [2.75, 3.05) is 25.5 Å². The minimum Gasteiger partial charge on any atom is -0.379 e. The molecule has 0 aromatic rings. The molecule has 0 aliphatic carbocycles. The lowest BCUT2D eigenvalue weighted by molar-refractivity contribution is 0.0455. The van der Waals surface area contributed by atoms with Gasteiger partial charge in [0.2, 0.25) is 0 Å². The van der Waals surface area contributed by atoms with E-state index in [0.717, 1.165) is 25.0 Å². The van der Waals surface area contributed by atoms with Crippen LogP contribution < -0.4 is 5.32 Å². The van der Waals surface area contributed by atoms with Crippen LogP contribution in [0.25, 0.3) is 0 Å². The quantitative estimate of drug-likeness (QED) is 0.633. The minimum atomic E-state index is 0.619. The van der Waals surface area contributed by atoms with Gasteiger partial charge in [-0.25, -0.2) is 0 Å². The first kappa shape index (κ1) is 9.36. The second-order valence-corrected chi connectivity index (χ2v) is 4.55. The van der Waals surface area contributed by atoms with E-state index in [4.69, 9.17) is 4.74 Å². The Morgan fingerprint density at radius 1 is 1.55 bits per heavy atom. The molecule has 0 aromatic heterocycles. The predicted octanol–water partition coefficient (Wildman–Crippen LogP) is 1.12. The maximum atomic E-state index is 5.07. The molecule has 0 atom stereocenters. The van der Waals surface area contributed by atoms with Crippen molar-refractivity contribution in [2.24, 2.45) is 0 Å². The maximum Gasteiger partial charge on any atom is 0.0607 e. The van der Waals surface area contributed by atoms with Gasteiger partial charge in [-0.1, -0.05) is 13.8 Å². The van der Waals surface area contributed by atoms with Gasteiger partial charge in [-0.2, -0.15) is 11.8 Å². The second kappa shape index (κ2) is 5.01. The SMILES string of the molecule is CC(C)NCCSC1COC1. The Morgan fingerprint density at radius 2 is 2.27 bits per heavy atom. The lowest BCUT2D eigenvalue weighted by atomic mass is 10.4. The predicted molar refractivity (Wildman–Crippen MR) is 50.2 cm³/mol. The standard InChI is InChI=1S/C8H17NOS/c1-7(2)9-3-4-11-8-5-10-6-8/h7-9H,3-6H2,1-2H3. The highest BCUT2D eigenvalue weighted by Crippen LogP contribution is 2.17. The summed E-state index contributed by atoms with van der Waals surface area (Å²) in [4.78, 5) is 0. The van der Waals surface area contributed by atoms with Crippen LogP contribution in [-0.4, -0.2) is 36.8 Å². The van der Waals surface area contributed by atoms with E-state index < -0.39 is 0 Å². The zero-order valence-corrected chi connectivity index (χ0v) is 8.12.